The van der Waals surface area contributed by atoms with Crippen molar-refractivity contribution in [1.82, 2.24) is 24.6 Å². The van der Waals surface area contributed by atoms with E-state index in [1.54, 1.807) is 0 Å². The van der Waals surface area contributed by atoms with Crippen LogP contribution >= 0.6 is 0 Å². The Bertz CT molecular complexity index is 2080. The molecule has 47 heavy (non-hydrogen) atoms. The molecule has 3 aliphatic heterocycles. The van der Waals surface area contributed by atoms with E-state index in [1.165, 1.54) is 30.5 Å². The van der Waals surface area contributed by atoms with Crippen molar-refractivity contribution >= 4 is 37.5 Å². The zero-order chi connectivity index (χ0) is 32.9. The lowest BCUT2D eigenvalue weighted by molar-refractivity contribution is 0.108. The molecule has 244 valence electrons. The largest absolute Gasteiger partial charge is 0.508 e. The molecule has 2 N–H and O–H groups in total. The van der Waals surface area contributed by atoms with Crippen LogP contribution in [0.3, 0.4) is 0 Å². The molecule has 2 saturated heterocycles. The van der Waals surface area contributed by atoms with E-state index >= 15 is 4.39 Å². The molecular weight excluding hydrogens is 626 g/mol. The SMILES string of the molecule is C#Cc1c(F)ccc2cc(O)cc(-c3ncc4c(N5CCC=CCC5)nc(OC[C@@]56CCCN5C[C@@H](NS(C)(=O)=O)C6)nc4c3F)c12. The molecule has 4 aromatic rings. The number of nitrogens with one attached hydrogen (secondary N) is 1. The number of nitrogens with zero attached hydrogens (tertiary/aromatic N) is 5. The second-order valence-corrected chi connectivity index (χ2v) is 14.3. The third-order valence-corrected chi connectivity index (χ3v) is 10.1. The Hall–Kier alpha value is -4.38. The number of terminal acetylenes is 1. The molecule has 7 rings (SSSR count). The van der Waals surface area contributed by atoms with Gasteiger partial charge in [0.1, 0.15) is 35.2 Å². The van der Waals surface area contributed by atoms with Crippen LogP contribution in [0, 0.1) is 24.0 Å². The molecule has 2 atom stereocenters. The van der Waals surface area contributed by atoms with E-state index in [2.05, 4.69) is 42.6 Å². The van der Waals surface area contributed by atoms with Crippen LogP contribution in [0.25, 0.3) is 32.9 Å². The van der Waals surface area contributed by atoms with Crippen molar-refractivity contribution in [2.45, 2.75) is 43.7 Å². The summed E-state index contributed by atoms with van der Waals surface area (Å²) in [5, 5.41) is 11.6. The first-order chi connectivity index (χ1) is 22.5. The summed E-state index contributed by atoms with van der Waals surface area (Å²) in [5.74, 6) is 1.24. The maximum Gasteiger partial charge on any atom is 0.319 e. The number of rotatable bonds is 7. The topological polar surface area (TPSA) is 121 Å². The quantitative estimate of drug-likeness (QED) is 0.218. The fourth-order valence-electron chi connectivity index (χ4n) is 7.39. The molecule has 0 spiro atoms. The van der Waals surface area contributed by atoms with Crippen LogP contribution in [0.15, 0.2) is 42.6 Å². The molecule has 0 amide bonds. The molecule has 13 heteroatoms. The molecule has 0 bridgehead atoms. The summed E-state index contributed by atoms with van der Waals surface area (Å²) in [5.41, 5.74) is -0.537. The summed E-state index contributed by atoms with van der Waals surface area (Å²) in [6.45, 7) is 2.87. The van der Waals surface area contributed by atoms with E-state index in [-0.39, 0.29) is 52.1 Å². The first kappa shape index (κ1) is 31.2. The van der Waals surface area contributed by atoms with Gasteiger partial charge in [-0.1, -0.05) is 24.1 Å². The van der Waals surface area contributed by atoms with Gasteiger partial charge in [0.25, 0.3) is 0 Å². The Labute approximate surface area is 271 Å². The van der Waals surface area contributed by atoms with E-state index in [0.29, 0.717) is 42.6 Å². The number of hydrogen-bond donors (Lipinski definition) is 2. The van der Waals surface area contributed by atoms with Gasteiger partial charge in [0.15, 0.2) is 5.82 Å². The van der Waals surface area contributed by atoms with E-state index < -0.39 is 27.2 Å². The van der Waals surface area contributed by atoms with E-state index in [1.807, 2.05) is 0 Å². The average Bonchev–Trinajstić information content (AvgIpc) is 3.42. The summed E-state index contributed by atoms with van der Waals surface area (Å²) in [6, 6.07) is 5.17. The number of phenols is 1. The van der Waals surface area contributed by atoms with Gasteiger partial charge in [-0.25, -0.2) is 21.9 Å². The van der Waals surface area contributed by atoms with Crippen LogP contribution in [0.1, 0.15) is 37.7 Å². The summed E-state index contributed by atoms with van der Waals surface area (Å²) < 4.78 is 64.6. The highest BCUT2D eigenvalue weighted by Crippen LogP contribution is 2.41. The van der Waals surface area contributed by atoms with Crippen LogP contribution < -0.4 is 14.4 Å². The number of hydrogen-bond acceptors (Lipinski definition) is 9. The van der Waals surface area contributed by atoms with Crippen molar-refractivity contribution in [3.8, 4) is 35.4 Å². The van der Waals surface area contributed by atoms with Crippen LogP contribution in [-0.4, -0.2) is 84.0 Å². The maximum absolute atomic E-state index is 16.8. The van der Waals surface area contributed by atoms with Crippen LogP contribution in [0.4, 0.5) is 14.6 Å². The molecule has 5 heterocycles. The van der Waals surface area contributed by atoms with Crippen molar-refractivity contribution in [2.24, 2.45) is 0 Å². The average molecular weight is 661 g/mol. The Morgan fingerprint density at radius 2 is 1.96 bits per heavy atom. The van der Waals surface area contributed by atoms with Gasteiger partial charge in [-0.2, -0.15) is 9.97 Å². The van der Waals surface area contributed by atoms with Gasteiger partial charge in [-0.15, -0.1) is 6.42 Å². The number of phenolic OH excluding ortho intramolecular Hbond substituents is 1. The maximum atomic E-state index is 16.8. The van der Waals surface area contributed by atoms with Gasteiger partial charge in [-0.3, -0.25) is 9.88 Å². The van der Waals surface area contributed by atoms with Crippen molar-refractivity contribution in [2.75, 3.05) is 43.9 Å². The van der Waals surface area contributed by atoms with Crippen molar-refractivity contribution < 1.29 is 27.0 Å². The van der Waals surface area contributed by atoms with Gasteiger partial charge in [0, 0.05) is 42.8 Å². The molecule has 2 fully saturated rings. The van der Waals surface area contributed by atoms with Gasteiger partial charge >= 0.3 is 6.01 Å². The number of aromatic nitrogens is 3. The minimum absolute atomic E-state index is 0.0161. The third-order valence-electron chi connectivity index (χ3n) is 9.35. The van der Waals surface area contributed by atoms with Crippen LogP contribution in [0.2, 0.25) is 0 Å². The number of anilines is 1. The summed E-state index contributed by atoms with van der Waals surface area (Å²) in [6.07, 6.45) is 16.4. The Kier molecular flexibility index (Phi) is 7.98. The highest BCUT2D eigenvalue weighted by molar-refractivity contribution is 7.88. The Morgan fingerprint density at radius 1 is 1.17 bits per heavy atom. The minimum atomic E-state index is -3.38. The standard InChI is InChI=1S/C34H34F2N6O4S/c1-3-24-27(35)10-9-21-15-23(43)16-25(28(21)24)30-29(36)31-26(18-37-30)32(41-12-6-4-5-7-13-41)39-33(38-31)46-20-34-11-8-14-42(34)19-22(17-34)40-47(2,44)45/h1,4-5,9-10,15-16,18,22,40,43H,6-8,11-14,17,19-20H2,2H3/t22-,34-/m0/s1. The molecule has 3 aliphatic rings. The number of benzene rings is 2. The molecule has 0 radical (unpaired) electrons. The number of fused-ring (bicyclic) bond motifs is 3. The molecule has 0 aliphatic carbocycles. The van der Waals surface area contributed by atoms with E-state index in [4.69, 9.17) is 16.1 Å². The highest BCUT2D eigenvalue weighted by Gasteiger charge is 2.49. The summed E-state index contributed by atoms with van der Waals surface area (Å²) in [4.78, 5) is 18.1. The van der Waals surface area contributed by atoms with Crippen molar-refractivity contribution in [3.63, 3.8) is 0 Å². The molecule has 2 aromatic carbocycles. The normalized spacial score (nSPS) is 21.7. The van der Waals surface area contributed by atoms with Gasteiger partial charge in [0.2, 0.25) is 10.0 Å². The monoisotopic (exact) mass is 660 g/mol. The highest BCUT2D eigenvalue weighted by atomic mass is 32.2. The zero-order valence-corrected chi connectivity index (χ0v) is 26.7. The molecular formula is C34H34F2N6O4S. The Morgan fingerprint density at radius 3 is 2.70 bits per heavy atom. The fraction of sp³-hybridized carbons (Fsp3) is 0.382. The van der Waals surface area contributed by atoms with Gasteiger partial charge in [-0.05, 0) is 62.2 Å². The number of sulfonamides is 1. The van der Waals surface area contributed by atoms with E-state index in [9.17, 15) is 17.9 Å². The van der Waals surface area contributed by atoms with Crippen LogP contribution in [-0.2, 0) is 10.0 Å². The Balaban J connectivity index is 1.33. The number of ether oxygens (including phenoxy) is 1. The first-order valence-electron chi connectivity index (χ1n) is 15.6. The first-order valence-corrected chi connectivity index (χ1v) is 17.5. The number of aromatic hydroxyl groups is 1. The predicted molar refractivity (Wildman–Crippen MR) is 176 cm³/mol. The summed E-state index contributed by atoms with van der Waals surface area (Å²) in [7, 11) is -3.38. The second kappa shape index (κ2) is 12.0. The third kappa shape index (κ3) is 5.86. The van der Waals surface area contributed by atoms with Crippen molar-refractivity contribution in [1.29, 1.82) is 0 Å². The van der Waals surface area contributed by atoms with Gasteiger partial charge < -0.3 is 14.7 Å². The number of pyridine rings is 1. The second-order valence-electron chi connectivity index (χ2n) is 12.6. The molecule has 2 aromatic heterocycles. The predicted octanol–water partition coefficient (Wildman–Crippen LogP) is 4.50. The number of halogens is 2. The lowest BCUT2D eigenvalue weighted by atomic mass is 9.94. The molecule has 0 unspecified atom stereocenters. The van der Waals surface area contributed by atoms with Crippen LogP contribution in [0.5, 0.6) is 11.8 Å². The van der Waals surface area contributed by atoms with Gasteiger partial charge in [0.05, 0.1) is 22.7 Å². The smallest absolute Gasteiger partial charge is 0.319 e. The lowest BCUT2D eigenvalue weighted by Gasteiger charge is -2.31. The fourth-order valence-corrected chi connectivity index (χ4v) is 8.15. The summed E-state index contributed by atoms with van der Waals surface area (Å²) >= 11 is 0. The minimum Gasteiger partial charge on any atom is -0.508 e. The lowest BCUT2D eigenvalue weighted by Crippen LogP contribution is -2.43. The molecule has 0 saturated carbocycles. The van der Waals surface area contributed by atoms with Crippen molar-refractivity contribution in [3.05, 3.63) is 59.8 Å². The molecule has 10 nitrogen and oxygen atoms in total. The zero-order valence-electron chi connectivity index (χ0n) is 25.8. The van der Waals surface area contributed by atoms with E-state index in [0.717, 1.165) is 38.5 Å².